The number of benzene rings is 3. The Hall–Kier alpha value is -3.03. The summed E-state index contributed by atoms with van der Waals surface area (Å²) in [5.74, 6) is 0. The van der Waals surface area contributed by atoms with Crippen molar-refractivity contribution < 1.29 is 8.42 Å². The summed E-state index contributed by atoms with van der Waals surface area (Å²) >= 11 is 12.7. The highest BCUT2D eigenvalue weighted by atomic mass is 35.5. The van der Waals surface area contributed by atoms with Gasteiger partial charge in [0.25, 0.3) is 0 Å². The quantitative estimate of drug-likeness (QED) is 0.340. The van der Waals surface area contributed by atoms with Gasteiger partial charge in [-0.15, -0.1) is 0 Å². The summed E-state index contributed by atoms with van der Waals surface area (Å²) in [6, 6.07) is 19.5. The molecular weight excluding hydrogens is 465 g/mol. The first-order chi connectivity index (χ1) is 15.3. The number of nitrogens with two attached hydrogens (primary N) is 1. The summed E-state index contributed by atoms with van der Waals surface area (Å²) in [6.07, 6.45) is 3.33. The lowest BCUT2D eigenvalue weighted by atomic mass is 9.96. The average molecular weight is 480 g/mol. The van der Waals surface area contributed by atoms with Gasteiger partial charge in [0.2, 0.25) is 10.0 Å². The molecule has 32 heavy (non-hydrogen) atoms. The van der Waals surface area contributed by atoms with Gasteiger partial charge in [-0.3, -0.25) is 9.97 Å². The predicted molar refractivity (Wildman–Crippen MR) is 129 cm³/mol. The highest BCUT2D eigenvalue weighted by Gasteiger charge is 2.20. The fourth-order valence-electron chi connectivity index (χ4n) is 3.88. The molecule has 0 radical (unpaired) electrons. The molecule has 0 saturated heterocycles. The molecule has 0 aliphatic rings. The molecule has 2 aromatic heterocycles. The van der Waals surface area contributed by atoms with Gasteiger partial charge >= 0.3 is 0 Å². The average Bonchev–Trinajstić information content (AvgIpc) is 2.79. The van der Waals surface area contributed by atoms with Gasteiger partial charge in [0, 0.05) is 39.9 Å². The van der Waals surface area contributed by atoms with Gasteiger partial charge in [-0.2, -0.15) is 0 Å². The summed E-state index contributed by atoms with van der Waals surface area (Å²) in [6.45, 7) is 0. The number of aromatic nitrogens is 2. The van der Waals surface area contributed by atoms with Gasteiger partial charge in [-0.05, 0) is 54.1 Å². The van der Waals surface area contributed by atoms with E-state index in [1.165, 1.54) is 6.07 Å². The Balaban J connectivity index is 1.85. The van der Waals surface area contributed by atoms with Crippen molar-refractivity contribution in [2.24, 2.45) is 5.14 Å². The number of sulfonamides is 1. The van der Waals surface area contributed by atoms with Gasteiger partial charge in [0.05, 0.1) is 26.0 Å². The van der Waals surface area contributed by atoms with Gasteiger partial charge in [-0.1, -0.05) is 41.4 Å². The van der Waals surface area contributed by atoms with Crippen LogP contribution in [0.15, 0.2) is 84.0 Å². The van der Waals surface area contributed by atoms with Crippen LogP contribution in [0.2, 0.25) is 10.0 Å². The van der Waals surface area contributed by atoms with E-state index in [2.05, 4.69) is 9.97 Å². The van der Waals surface area contributed by atoms with Crippen LogP contribution in [-0.2, 0) is 10.0 Å². The first-order valence-corrected chi connectivity index (χ1v) is 11.9. The van der Waals surface area contributed by atoms with E-state index in [1.54, 1.807) is 48.8 Å². The molecule has 0 aliphatic heterocycles. The number of nitrogens with zero attached hydrogens (tertiary/aromatic N) is 2. The molecule has 0 amide bonds. The first-order valence-electron chi connectivity index (χ1n) is 9.58. The topological polar surface area (TPSA) is 85.9 Å². The molecule has 0 aliphatic carbocycles. The molecule has 0 fully saturated rings. The molecule has 2 heterocycles. The highest BCUT2D eigenvalue weighted by molar-refractivity contribution is 7.89. The van der Waals surface area contributed by atoms with E-state index < -0.39 is 10.0 Å². The Bertz CT molecular complexity index is 1640. The largest absolute Gasteiger partial charge is 0.256 e. The molecule has 2 N–H and O–H groups in total. The van der Waals surface area contributed by atoms with E-state index in [0.29, 0.717) is 32.2 Å². The second-order valence-corrected chi connectivity index (χ2v) is 9.59. The Labute approximate surface area is 194 Å². The number of halogens is 2. The van der Waals surface area contributed by atoms with E-state index in [4.69, 9.17) is 28.3 Å². The van der Waals surface area contributed by atoms with E-state index in [-0.39, 0.29) is 4.90 Å². The molecule has 0 atom stereocenters. The van der Waals surface area contributed by atoms with Crippen LogP contribution in [0.5, 0.6) is 0 Å². The zero-order valence-corrected chi connectivity index (χ0v) is 18.8. The summed E-state index contributed by atoms with van der Waals surface area (Å²) in [5, 5.41) is 8.21. The standard InChI is InChI=1S/C24H15Cl2N3O2S/c25-20-8-6-15(23-17(20)3-1-11-28-23)14-5-10-22(32(27,30)31)19(13-14)16-7-9-21(26)18-4-2-12-29-24(16)18/h1-13H,(H2,27,30,31). The summed E-state index contributed by atoms with van der Waals surface area (Å²) in [7, 11) is -4.01. The zero-order valence-electron chi connectivity index (χ0n) is 16.5. The van der Waals surface area contributed by atoms with Crippen molar-refractivity contribution >= 4 is 55.0 Å². The highest BCUT2D eigenvalue weighted by Crippen LogP contribution is 2.39. The lowest BCUT2D eigenvalue weighted by Gasteiger charge is -2.14. The molecule has 0 bridgehead atoms. The minimum atomic E-state index is -4.01. The number of hydrogen-bond donors (Lipinski definition) is 1. The summed E-state index contributed by atoms with van der Waals surface area (Å²) < 4.78 is 24.9. The third-order valence-electron chi connectivity index (χ3n) is 5.32. The fraction of sp³-hybridized carbons (Fsp3) is 0. The monoisotopic (exact) mass is 479 g/mol. The Kier molecular flexibility index (Phi) is 5.10. The summed E-state index contributed by atoms with van der Waals surface area (Å²) in [5.41, 5.74) is 3.94. The molecule has 0 spiro atoms. The molecular formula is C24H15Cl2N3O2S. The van der Waals surface area contributed by atoms with E-state index in [9.17, 15) is 8.42 Å². The van der Waals surface area contributed by atoms with Crippen molar-refractivity contribution in [2.45, 2.75) is 4.90 Å². The van der Waals surface area contributed by atoms with Gasteiger partial charge in [0.15, 0.2) is 0 Å². The maximum Gasteiger partial charge on any atom is 0.238 e. The maximum atomic E-state index is 12.4. The number of primary sulfonamides is 1. The summed E-state index contributed by atoms with van der Waals surface area (Å²) in [4.78, 5) is 8.95. The van der Waals surface area contributed by atoms with Gasteiger partial charge in [-0.25, -0.2) is 13.6 Å². The van der Waals surface area contributed by atoms with Crippen LogP contribution >= 0.6 is 23.2 Å². The van der Waals surface area contributed by atoms with Crippen LogP contribution in [0.1, 0.15) is 0 Å². The minimum Gasteiger partial charge on any atom is -0.256 e. The second-order valence-electron chi connectivity index (χ2n) is 7.24. The first kappa shape index (κ1) is 20.8. The Morgan fingerprint density at radius 3 is 1.84 bits per heavy atom. The van der Waals surface area contributed by atoms with Crippen LogP contribution in [0.4, 0.5) is 0 Å². The lowest BCUT2D eigenvalue weighted by molar-refractivity contribution is 0.598. The number of pyridine rings is 2. The predicted octanol–water partition coefficient (Wildman–Crippen LogP) is 6.07. The normalized spacial score (nSPS) is 11.8. The maximum absolute atomic E-state index is 12.4. The van der Waals surface area contributed by atoms with Crippen molar-refractivity contribution in [3.63, 3.8) is 0 Å². The lowest BCUT2D eigenvalue weighted by Crippen LogP contribution is -2.13. The van der Waals surface area contributed by atoms with Crippen molar-refractivity contribution in [3.8, 4) is 22.3 Å². The van der Waals surface area contributed by atoms with E-state index >= 15 is 0 Å². The molecule has 5 rings (SSSR count). The third kappa shape index (κ3) is 3.51. The van der Waals surface area contributed by atoms with Gasteiger partial charge < -0.3 is 0 Å². The molecule has 158 valence electrons. The Morgan fingerprint density at radius 1 is 0.688 bits per heavy atom. The van der Waals surface area contributed by atoms with Gasteiger partial charge in [0.1, 0.15) is 0 Å². The van der Waals surface area contributed by atoms with E-state index in [1.807, 2.05) is 24.3 Å². The fourth-order valence-corrected chi connectivity index (χ4v) is 5.05. The molecule has 0 unspecified atom stereocenters. The van der Waals surface area contributed by atoms with Crippen LogP contribution in [0, 0.1) is 0 Å². The van der Waals surface area contributed by atoms with E-state index in [0.717, 1.165) is 21.9 Å². The smallest absolute Gasteiger partial charge is 0.238 e. The van der Waals surface area contributed by atoms with Crippen molar-refractivity contribution in [3.05, 3.63) is 89.2 Å². The van der Waals surface area contributed by atoms with Crippen molar-refractivity contribution in [1.29, 1.82) is 0 Å². The van der Waals surface area contributed by atoms with Crippen molar-refractivity contribution in [2.75, 3.05) is 0 Å². The number of fused-ring (bicyclic) bond motifs is 2. The molecule has 0 saturated carbocycles. The van der Waals surface area contributed by atoms with Crippen LogP contribution in [-0.4, -0.2) is 18.4 Å². The minimum absolute atomic E-state index is 0.00162. The Morgan fingerprint density at radius 2 is 1.25 bits per heavy atom. The van der Waals surface area contributed by atoms with Crippen LogP contribution < -0.4 is 5.14 Å². The molecule has 8 heteroatoms. The number of rotatable bonds is 3. The zero-order chi connectivity index (χ0) is 22.5. The van der Waals surface area contributed by atoms with Crippen LogP contribution in [0.3, 0.4) is 0 Å². The molecule has 5 nitrogen and oxygen atoms in total. The number of hydrogen-bond acceptors (Lipinski definition) is 4. The third-order valence-corrected chi connectivity index (χ3v) is 6.95. The van der Waals surface area contributed by atoms with Crippen molar-refractivity contribution in [1.82, 2.24) is 9.97 Å². The second kappa shape index (κ2) is 7.83. The SMILES string of the molecule is NS(=O)(=O)c1ccc(-c2ccc(Cl)c3cccnc23)cc1-c1ccc(Cl)c2cccnc12. The van der Waals surface area contributed by atoms with Crippen LogP contribution in [0.25, 0.3) is 44.1 Å². The molecule has 5 aromatic rings. The molecule has 3 aromatic carbocycles.